The Morgan fingerprint density at radius 2 is 2.13 bits per heavy atom. The molecule has 2 aromatic rings. The van der Waals surface area contributed by atoms with Crippen LogP contribution in [0.3, 0.4) is 0 Å². The lowest BCUT2D eigenvalue weighted by atomic mass is 10.3. The van der Waals surface area contributed by atoms with Crippen molar-refractivity contribution in [2.45, 2.75) is 18.9 Å². The van der Waals surface area contributed by atoms with Crippen molar-refractivity contribution >= 4 is 5.91 Å². The van der Waals surface area contributed by atoms with Crippen LogP contribution in [0, 0.1) is 5.92 Å². The first-order valence-corrected chi connectivity index (χ1v) is 7.87. The van der Waals surface area contributed by atoms with E-state index in [1.165, 1.54) is 12.8 Å². The summed E-state index contributed by atoms with van der Waals surface area (Å²) >= 11 is 0. The number of benzene rings is 1. The van der Waals surface area contributed by atoms with Crippen molar-refractivity contribution in [1.29, 1.82) is 0 Å². The number of rotatable bonds is 8. The van der Waals surface area contributed by atoms with Gasteiger partial charge < -0.3 is 15.2 Å². The summed E-state index contributed by atoms with van der Waals surface area (Å²) < 4.78 is 7.04. The highest BCUT2D eigenvalue weighted by Gasteiger charge is 2.21. The maximum absolute atomic E-state index is 12.0. The van der Waals surface area contributed by atoms with Gasteiger partial charge in [-0.1, -0.05) is 18.2 Å². The number of aliphatic hydroxyl groups excluding tert-OH is 1. The molecule has 23 heavy (non-hydrogen) atoms. The summed E-state index contributed by atoms with van der Waals surface area (Å²) in [6.45, 7) is 1.10. The quantitative estimate of drug-likeness (QED) is 0.772. The van der Waals surface area contributed by atoms with Crippen LogP contribution in [0.2, 0.25) is 0 Å². The summed E-state index contributed by atoms with van der Waals surface area (Å²) in [4.78, 5) is 12.0. The lowest BCUT2D eigenvalue weighted by molar-refractivity contribution is 0.0320. The first kappa shape index (κ1) is 15.7. The molecule has 1 amide bonds. The highest BCUT2D eigenvalue weighted by atomic mass is 16.5. The van der Waals surface area contributed by atoms with Crippen LogP contribution in [-0.4, -0.2) is 46.7 Å². The number of carbonyl (C=O) groups excluding carboxylic acids is 1. The number of hydrogen-bond donors (Lipinski definition) is 2. The molecule has 2 N–H and O–H groups in total. The average molecular weight is 315 g/mol. The van der Waals surface area contributed by atoms with Crippen molar-refractivity contribution in [3.8, 4) is 5.69 Å². The fourth-order valence-corrected chi connectivity index (χ4v) is 2.18. The maximum atomic E-state index is 12.0. The molecule has 1 unspecified atom stereocenters. The minimum absolute atomic E-state index is 0.154. The average Bonchev–Trinajstić information content (AvgIpc) is 3.26. The molecule has 3 rings (SSSR count). The van der Waals surface area contributed by atoms with Crippen molar-refractivity contribution in [2.75, 3.05) is 19.8 Å². The number of hydrogen-bond acceptors (Lipinski definition) is 4. The molecule has 122 valence electrons. The Morgan fingerprint density at radius 1 is 1.35 bits per heavy atom. The zero-order chi connectivity index (χ0) is 16.1. The molecule has 0 saturated heterocycles. The van der Waals surface area contributed by atoms with Crippen molar-refractivity contribution in [3.05, 3.63) is 48.3 Å². The van der Waals surface area contributed by atoms with Gasteiger partial charge in [-0.05, 0) is 37.0 Å². The van der Waals surface area contributed by atoms with E-state index in [2.05, 4.69) is 10.4 Å². The van der Waals surface area contributed by atoms with Crippen LogP contribution in [-0.2, 0) is 4.74 Å². The number of amides is 1. The summed E-state index contributed by atoms with van der Waals surface area (Å²) in [6.07, 6.45) is 3.47. The fourth-order valence-electron chi connectivity index (χ4n) is 2.18. The molecule has 1 aliphatic carbocycles. The topological polar surface area (TPSA) is 76.4 Å². The minimum atomic E-state index is -0.700. The minimum Gasteiger partial charge on any atom is -0.389 e. The van der Waals surface area contributed by atoms with Gasteiger partial charge in [0.15, 0.2) is 5.69 Å². The normalized spacial score (nSPS) is 15.3. The van der Waals surface area contributed by atoms with Gasteiger partial charge in [-0.25, -0.2) is 4.68 Å². The summed E-state index contributed by atoms with van der Waals surface area (Å²) in [7, 11) is 0. The molecule has 0 bridgehead atoms. The van der Waals surface area contributed by atoms with E-state index in [4.69, 9.17) is 4.74 Å². The van der Waals surface area contributed by atoms with Gasteiger partial charge in [0, 0.05) is 19.3 Å². The number of nitrogens with one attached hydrogen (secondary N) is 1. The third-order valence-corrected chi connectivity index (χ3v) is 3.70. The maximum Gasteiger partial charge on any atom is 0.271 e. The number of nitrogens with zero attached hydrogens (tertiary/aromatic N) is 2. The Hall–Kier alpha value is -2.18. The predicted octanol–water partition coefficient (Wildman–Crippen LogP) is 1.39. The van der Waals surface area contributed by atoms with Gasteiger partial charge in [0.05, 0.1) is 18.4 Å². The van der Waals surface area contributed by atoms with Crippen LogP contribution in [0.25, 0.3) is 5.69 Å². The Labute approximate surface area is 135 Å². The van der Waals surface area contributed by atoms with Crippen LogP contribution in [0.5, 0.6) is 0 Å². The predicted molar refractivity (Wildman–Crippen MR) is 85.4 cm³/mol. The summed E-state index contributed by atoms with van der Waals surface area (Å²) in [5.41, 5.74) is 1.21. The van der Waals surface area contributed by atoms with Gasteiger partial charge in [-0.3, -0.25) is 4.79 Å². The smallest absolute Gasteiger partial charge is 0.271 e. The second kappa shape index (κ2) is 7.39. The zero-order valence-corrected chi connectivity index (χ0v) is 12.9. The molecule has 0 radical (unpaired) electrons. The Morgan fingerprint density at radius 3 is 2.87 bits per heavy atom. The van der Waals surface area contributed by atoms with Crippen molar-refractivity contribution in [1.82, 2.24) is 15.1 Å². The molecule has 6 nitrogen and oxygen atoms in total. The van der Waals surface area contributed by atoms with E-state index in [0.717, 1.165) is 5.69 Å². The number of carbonyl (C=O) groups is 1. The Bertz CT molecular complexity index is 638. The number of aliphatic hydroxyl groups is 1. The highest BCUT2D eigenvalue weighted by molar-refractivity contribution is 5.92. The highest BCUT2D eigenvalue weighted by Crippen LogP contribution is 2.28. The van der Waals surface area contributed by atoms with Gasteiger partial charge in [0.2, 0.25) is 0 Å². The van der Waals surface area contributed by atoms with Gasteiger partial charge in [-0.15, -0.1) is 0 Å². The second-order valence-corrected chi connectivity index (χ2v) is 5.83. The number of ether oxygens (including phenoxy) is 1. The van der Waals surface area contributed by atoms with E-state index in [0.29, 0.717) is 18.2 Å². The lowest BCUT2D eigenvalue weighted by Crippen LogP contribution is -2.35. The summed E-state index contributed by atoms with van der Waals surface area (Å²) in [5, 5.41) is 16.7. The fraction of sp³-hybridized carbons (Fsp3) is 0.412. The van der Waals surface area contributed by atoms with Gasteiger partial charge in [-0.2, -0.15) is 5.10 Å². The largest absolute Gasteiger partial charge is 0.389 e. The first-order valence-electron chi connectivity index (χ1n) is 7.87. The third kappa shape index (κ3) is 4.64. The molecule has 1 heterocycles. The molecule has 1 aliphatic rings. The van der Waals surface area contributed by atoms with Crippen LogP contribution in [0.4, 0.5) is 0 Å². The van der Waals surface area contributed by atoms with Crippen LogP contribution in [0.15, 0.2) is 42.6 Å². The van der Waals surface area contributed by atoms with E-state index in [-0.39, 0.29) is 19.1 Å². The second-order valence-electron chi connectivity index (χ2n) is 5.83. The molecule has 1 fully saturated rings. The first-order chi connectivity index (χ1) is 11.2. The van der Waals surface area contributed by atoms with Crippen LogP contribution < -0.4 is 5.32 Å². The molecule has 1 aromatic carbocycles. The zero-order valence-electron chi connectivity index (χ0n) is 12.9. The van der Waals surface area contributed by atoms with E-state index in [1.807, 2.05) is 30.3 Å². The number of para-hydroxylation sites is 1. The van der Waals surface area contributed by atoms with Crippen molar-refractivity contribution < 1.29 is 14.6 Å². The van der Waals surface area contributed by atoms with Crippen molar-refractivity contribution in [2.24, 2.45) is 5.92 Å². The molecular formula is C17H21N3O3. The molecule has 0 aliphatic heterocycles. The Balaban J connectivity index is 1.45. The molecular weight excluding hydrogens is 294 g/mol. The lowest BCUT2D eigenvalue weighted by Gasteiger charge is -2.11. The standard InChI is InChI=1S/C17H21N3O3/c21-15(12-23-11-13-6-7-13)10-18-17(22)16-8-9-20(19-16)14-4-2-1-3-5-14/h1-5,8-9,13,15,21H,6-7,10-12H2,(H,18,22). The summed E-state index contributed by atoms with van der Waals surface area (Å²) in [6, 6.07) is 11.2. The van der Waals surface area contributed by atoms with E-state index in [1.54, 1.807) is 16.9 Å². The SMILES string of the molecule is O=C(NCC(O)COCC1CC1)c1ccn(-c2ccccc2)n1. The van der Waals surface area contributed by atoms with Gasteiger partial charge in [0.1, 0.15) is 0 Å². The third-order valence-electron chi connectivity index (χ3n) is 3.70. The van der Waals surface area contributed by atoms with E-state index >= 15 is 0 Å². The molecule has 6 heteroatoms. The van der Waals surface area contributed by atoms with Gasteiger partial charge in [0.25, 0.3) is 5.91 Å². The molecule has 1 atom stereocenters. The number of aromatic nitrogens is 2. The monoisotopic (exact) mass is 315 g/mol. The molecule has 0 spiro atoms. The van der Waals surface area contributed by atoms with Crippen LogP contribution >= 0.6 is 0 Å². The Kier molecular flexibility index (Phi) is 5.05. The molecule has 1 aromatic heterocycles. The van der Waals surface area contributed by atoms with Crippen molar-refractivity contribution in [3.63, 3.8) is 0 Å². The molecule has 1 saturated carbocycles. The van der Waals surface area contributed by atoms with E-state index < -0.39 is 6.10 Å². The van der Waals surface area contributed by atoms with Gasteiger partial charge >= 0.3 is 0 Å². The van der Waals surface area contributed by atoms with Crippen LogP contribution in [0.1, 0.15) is 23.3 Å². The van der Waals surface area contributed by atoms with E-state index in [9.17, 15) is 9.90 Å². The summed E-state index contributed by atoms with van der Waals surface area (Å²) in [5.74, 6) is 0.361.